The lowest BCUT2D eigenvalue weighted by atomic mass is 10.1. The normalized spacial score (nSPS) is 11.9. The summed E-state index contributed by atoms with van der Waals surface area (Å²) in [4.78, 5) is 27.6. The molecule has 2 amide bonds. The summed E-state index contributed by atoms with van der Waals surface area (Å²) in [5, 5.41) is 2.94. The van der Waals surface area contributed by atoms with Crippen LogP contribution in [0.4, 0.5) is 4.39 Å². The van der Waals surface area contributed by atoms with Gasteiger partial charge in [0.2, 0.25) is 11.8 Å². The van der Waals surface area contributed by atoms with Crippen molar-refractivity contribution in [1.82, 2.24) is 10.2 Å². The van der Waals surface area contributed by atoms with Gasteiger partial charge in [-0.2, -0.15) is 0 Å². The molecule has 0 aliphatic heterocycles. The van der Waals surface area contributed by atoms with Crippen LogP contribution in [-0.2, 0) is 21.9 Å². The lowest BCUT2D eigenvalue weighted by molar-refractivity contribution is -0.139. The van der Waals surface area contributed by atoms with Crippen LogP contribution < -0.4 is 5.32 Å². The first-order valence-electron chi connectivity index (χ1n) is 10.3. The average molecular weight is 431 g/mol. The molecule has 0 spiro atoms. The summed E-state index contributed by atoms with van der Waals surface area (Å²) >= 11 is 1.47. The molecule has 2 aromatic rings. The second-order valence-corrected chi connectivity index (χ2v) is 8.64. The maximum absolute atomic E-state index is 13.2. The number of thioether (sulfide) groups is 1. The molecular formula is C24H31FN2O2S. The Bertz CT molecular complexity index is 839. The van der Waals surface area contributed by atoms with Gasteiger partial charge in [-0.15, -0.1) is 11.8 Å². The van der Waals surface area contributed by atoms with Gasteiger partial charge in [0.1, 0.15) is 11.9 Å². The summed E-state index contributed by atoms with van der Waals surface area (Å²) in [7, 11) is 0. The van der Waals surface area contributed by atoms with Gasteiger partial charge in [0, 0.05) is 18.3 Å². The fourth-order valence-electron chi connectivity index (χ4n) is 3.19. The zero-order valence-corrected chi connectivity index (χ0v) is 19.0. The summed E-state index contributed by atoms with van der Waals surface area (Å²) < 4.78 is 13.1. The first kappa shape index (κ1) is 23.9. The fraction of sp³-hybridized carbons (Fsp3) is 0.417. The third-order valence-electron chi connectivity index (χ3n) is 4.83. The topological polar surface area (TPSA) is 49.4 Å². The second kappa shape index (κ2) is 11.7. The quantitative estimate of drug-likeness (QED) is 0.594. The molecule has 4 nitrogen and oxygen atoms in total. The van der Waals surface area contributed by atoms with E-state index < -0.39 is 6.04 Å². The summed E-state index contributed by atoms with van der Waals surface area (Å²) in [6.07, 6.45) is 0.540. The first-order valence-corrected chi connectivity index (χ1v) is 11.4. The highest BCUT2D eigenvalue weighted by Crippen LogP contribution is 2.19. The van der Waals surface area contributed by atoms with Gasteiger partial charge in [0.25, 0.3) is 0 Å². The summed E-state index contributed by atoms with van der Waals surface area (Å²) in [6, 6.07) is 13.7. The molecular weight excluding hydrogens is 399 g/mol. The van der Waals surface area contributed by atoms with Crippen LogP contribution in [0.15, 0.2) is 48.5 Å². The van der Waals surface area contributed by atoms with Crippen LogP contribution in [-0.4, -0.2) is 34.6 Å². The molecule has 0 aromatic heterocycles. The van der Waals surface area contributed by atoms with E-state index in [2.05, 4.69) is 5.32 Å². The van der Waals surface area contributed by atoms with Crippen molar-refractivity contribution in [3.05, 3.63) is 71.0 Å². The van der Waals surface area contributed by atoms with E-state index in [1.165, 1.54) is 23.9 Å². The fourth-order valence-corrected chi connectivity index (χ4v) is 4.06. The zero-order chi connectivity index (χ0) is 22.1. The lowest BCUT2D eigenvalue weighted by Crippen LogP contribution is -2.51. The third-order valence-corrected chi connectivity index (χ3v) is 5.81. The summed E-state index contributed by atoms with van der Waals surface area (Å²) in [6.45, 7) is 8.16. The van der Waals surface area contributed by atoms with Crippen molar-refractivity contribution in [1.29, 1.82) is 0 Å². The largest absolute Gasteiger partial charge is 0.352 e. The molecule has 1 atom stereocenters. The highest BCUT2D eigenvalue weighted by Gasteiger charge is 2.29. The van der Waals surface area contributed by atoms with Gasteiger partial charge in [-0.3, -0.25) is 9.59 Å². The van der Waals surface area contributed by atoms with E-state index in [0.29, 0.717) is 18.7 Å². The Morgan fingerprint density at radius 3 is 2.37 bits per heavy atom. The number of nitrogens with zero attached hydrogens (tertiary/aromatic N) is 1. The number of hydrogen-bond donors (Lipinski definition) is 1. The summed E-state index contributed by atoms with van der Waals surface area (Å²) in [5.74, 6) is 0.397. The molecule has 30 heavy (non-hydrogen) atoms. The minimum atomic E-state index is -0.522. The average Bonchev–Trinajstić information content (AvgIpc) is 2.70. The smallest absolute Gasteiger partial charge is 0.243 e. The molecule has 0 aliphatic carbocycles. The number of carbonyl (C=O) groups excluding carboxylic acids is 2. The number of nitrogens with one attached hydrogen (secondary N) is 1. The Morgan fingerprint density at radius 2 is 1.77 bits per heavy atom. The van der Waals surface area contributed by atoms with Crippen LogP contribution in [0.3, 0.4) is 0 Å². The SMILES string of the molecule is CCC(C(=O)NC(C)C)N(Cc1ccccc1C)C(=O)CSCc1ccc(F)cc1. The standard InChI is InChI=1S/C24H31FN2O2S/c1-5-22(24(29)26-17(2)3)27(14-20-9-7-6-8-18(20)4)23(28)16-30-15-19-10-12-21(25)13-11-19/h6-13,17,22H,5,14-16H2,1-4H3,(H,26,29). The van der Waals surface area contributed by atoms with Crippen LogP contribution in [0.25, 0.3) is 0 Å². The van der Waals surface area contributed by atoms with Gasteiger partial charge in [-0.25, -0.2) is 4.39 Å². The lowest BCUT2D eigenvalue weighted by Gasteiger charge is -2.31. The number of halogens is 1. The number of carbonyl (C=O) groups is 2. The highest BCUT2D eigenvalue weighted by atomic mass is 32.2. The van der Waals surface area contributed by atoms with E-state index >= 15 is 0 Å². The Labute approximate surface area is 183 Å². The molecule has 162 valence electrons. The molecule has 2 aromatic carbocycles. The van der Waals surface area contributed by atoms with E-state index in [9.17, 15) is 14.0 Å². The van der Waals surface area contributed by atoms with Crippen LogP contribution in [0.1, 0.15) is 43.9 Å². The van der Waals surface area contributed by atoms with E-state index in [1.807, 2.05) is 52.0 Å². The van der Waals surface area contributed by atoms with Crippen molar-refractivity contribution < 1.29 is 14.0 Å². The molecule has 0 saturated carbocycles. The first-order chi connectivity index (χ1) is 14.3. The van der Waals surface area contributed by atoms with E-state index in [1.54, 1.807) is 17.0 Å². The van der Waals surface area contributed by atoms with Gasteiger partial charge in [-0.05, 0) is 56.0 Å². The van der Waals surface area contributed by atoms with E-state index in [0.717, 1.165) is 16.7 Å². The van der Waals surface area contributed by atoms with Gasteiger partial charge in [0.15, 0.2) is 0 Å². The van der Waals surface area contributed by atoms with E-state index in [4.69, 9.17) is 0 Å². The van der Waals surface area contributed by atoms with Crippen molar-refractivity contribution in [2.75, 3.05) is 5.75 Å². The molecule has 0 saturated heterocycles. The minimum absolute atomic E-state index is 0.00909. The van der Waals surface area contributed by atoms with Crippen molar-refractivity contribution in [2.24, 2.45) is 0 Å². The molecule has 0 heterocycles. The number of amides is 2. The van der Waals surface area contributed by atoms with Crippen molar-refractivity contribution >= 4 is 23.6 Å². The molecule has 1 N–H and O–H groups in total. The number of benzene rings is 2. The predicted molar refractivity (Wildman–Crippen MR) is 122 cm³/mol. The second-order valence-electron chi connectivity index (χ2n) is 7.65. The Morgan fingerprint density at radius 1 is 1.10 bits per heavy atom. The van der Waals surface area contributed by atoms with Crippen LogP contribution in [0, 0.1) is 12.7 Å². The molecule has 1 unspecified atom stereocenters. The van der Waals surface area contributed by atoms with Crippen molar-refractivity contribution in [3.63, 3.8) is 0 Å². The number of aryl methyl sites for hydroxylation is 1. The Kier molecular flexibility index (Phi) is 9.37. The van der Waals surface area contributed by atoms with Gasteiger partial charge in [-0.1, -0.05) is 43.3 Å². The maximum Gasteiger partial charge on any atom is 0.243 e. The zero-order valence-electron chi connectivity index (χ0n) is 18.2. The van der Waals surface area contributed by atoms with Crippen molar-refractivity contribution in [2.45, 2.75) is 58.5 Å². The number of rotatable bonds is 10. The predicted octanol–water partition coefficient (Wildman–Crippen LogP) is 4.70. The van der Waals surface area contributed by atoms with Crippen LogP contribution >= 0.6 is 11.8 Å². The molecule has 0 fully saturated rings. The molecule has 0 aliphatic rings. The number of hydrogen-bond acceptors (Lipinski definition) is 3. The summed E-state index contributed by atoms with van der Waals surface area (Å²) in [5.41, 5.74) is 3.09. The molecule has 6 heteroatoms. The van der Waals surface area contributed by atoms with Crippen LogP contribution in [0.5, 0.6) is 0 Å². The van der Waals surface area contributed by atoms with Crippen LogP contribution in [0.2, 0.25) is 0 Å². The molecule has 2 rings (SSSR count). The Hall–Kier alpha value is -2.34. The molecule has 0 radical (unpaired) electrons. The van der Waals surface area contributed by atoms with Crippen molar-refractivity contribution in [3.8, 4) is 0 Å². The van der Waals surface area contributed by atoms with Gasteiger partial charge >= 0.3 is 0 Å². The Balaban J connectivity index is 2.13. The maximum atomic E-state index is 13.2. The molecule has 0 bridgehead atoms. The third kappa shape index (κ3) is 7.17. The minimum Gasteiger partial charge on any atom is -0.352 e. The highest BCUT2D eigenvalue weighted by molar-refractivity contribution is 7.99. The monoisotopic (exact) mass is 430 g/mol. The van der Waals surface area contributed by atoms with E-state index in [-0.39, 0.29) is 29.4 Å². The van der Waals surface area contributed by atoms with Gasteiger partial charge < -0.3 is 10.2 Å². The van der Waals surface area contributed by atoms with Gasteiger partial charge in [0.05, 0.1) is 5.75 Å².